The van der Waals surface area contributed by atoms with Gasteiger partial charge < -0.3 is 19.3 Å². The largest absolute Gasteiger partial charge is 0.396 e. The van der Waals surface area contributed by atoms with Gasteiger partial charge in [-0.3, -0.25) is 0 Å². The molecular weight excluding hydrogens is 196 g/mol. The molecule has 0 aromatic rings. The highest BCUT2D eigenvalue weighted by Crippen LogP contribution is 2.33. The standard InChI is InChI=1S/C11H20O4/c1-11(10-4-2-3-7-13-10)14-8-9(15-11)5-6-12/h9-10,12H,2-8H2,1H3. The predicted molar refractivity (Wildman–Crippen MR) is 54.5 cm³/mol. The number of aliphatic hydroxyl groups is 1. The molecule has 1 N–H and O–H groups in total. The normalized spacial score (nSPS) is 42.0. The first-order chi connectivity index (χ1) is 7.24. The van der Waals surface area contributed by atoms with Crippen LogP contribution in [0.25, 0.3) is 0 Å². The molecule has 0 radical (unpaired) electrons. The van der Waals surface area contributed by atoms with E-state index < -0.39 is 5.79 Å². The smallest absolute Gasteiger partial charge is 0.192 e. The van der Waals surface area contributed by atoms with Gasteiger partial charge in [0.1, 0.15) is 6.10 Å². The van der Waals surface area contributed by atoms with E-state index in [4.69, 9.17) is 19.3 Å². The van der Waals surface area contributed by atoms with E-state index in [0.29, 0.717) is 13.0 Å². The first-order valence-corrected chi connectivity index (χ1v) is 5.79. The molecule has 3 unspecified atom stereocenters. The van der Waals surface area contributed by atoms with E-state index in [1.54, 1.807) is 0 Å². The Balaban J connectivity index is 1.89. The van der Waals surface area contributed by atoms with E-state index in [-0.39, 0.29) is 18.8 Å². The van der Waals surface area contributed by atoms with Crippen LogP contribution in [-0.2, 0) is 14.2 Å². The Bertz CT molecular complexity index is 203. The summed E-state index contributed by atoms with van der Waals surface area (Å²) in [6.07, 6.45) is 4.02. The fourth-order valence-corrected chi connectivity index (χ4v) is 2.27. The molecule has 2 aliphatic rings. The summed E-state index contributed by atoms with van der Waals surface area (Å²) >= 11 is 0. The fraction of sp³-hybridized carbons (Fsp3) is 1.00. The van der Waals surface area contributed by atoms with Crippen molar-refractivity contribution >= 4 is 0 Å². The van der Waals surface area contributed by atoms with E-state index >= 15 is 0 Å². The maximum atomic E-state index is 8.84. The van der Waals surface area contributed by atoms with Crippen molar-refractivity contribution in [3.05, 3.63) is 0 Å². The quantitative estimate of drug-likeness (QED) is 0.766. The lowest BCUT2D eigenvalue weighted by Crippen LogP contribution is -2.44. The Kier molecular flexibility index (Phi) is 3.61. The van der Waals surface area contributed by atoms with Crippen LogP contribution >= 0.6 is 0 Å². The summed E-state index contributed by atoms with van der Waals surface area (Å²) in [4.78, 5) is 0. The van der Waals surface area contributed by atoms with Crippen molar-refractivity contribution in [2.75, 3.05) is 19.8 Å². The average Bonchev–Trinajstić information content (AvgIpc) is 2.64. The molecule has 0 saturated carbocycles. The van der Waals surface area contributed by atoms with Gasteiger partial charge in [-0.05, 0) is 32.6 Å². The van der Waals surface area contributed by atoms with Gasteiger partial charge in [-0.2, -0.15) is 0 Å². The van der Waals surface area contributed by atoms with Crippen LogP contribution in [0, 0.1) is 0 Å². The number of ether oxygens (including phenoxy) is 3. The maximum Gasteiger partial charge on any atom is 0.192 e. The molecule has 0 amide bonds. The minimum atomic E-state index is -0.597. The van der Waals surface area contributed by atoms with E-state index in [0.717, 1.165) is 19.4 Å². The van der Waals surface area contributed by atoms with E-state index in [9.17, 15) is 0 Å². The first kappa shape index (κ1) is 11.3. The van der Waals surface area contributed by atoms with Gasteiger partial charge in [0.05, 0.1) is 12.7 Å². The van der Waals surface area contributed by atoms with Gasteiger partial charge in [0.2, 0.25) is 0 Å². The minimum absolute atomic E-state index is 0.0190. The highest BCUT2D eigenvalue weighted by atomic mass is 16.8. The van der Waals surface area contributed by atoms with Crippen LogP contribution in [0.2, 0.25) is 0 Å². The number of hydrogen-bond acceptors (Lipinski definition) is 4. The molecule has 0 aliphatic carbocycles. The topological polar surface area (TPSA) is 47.9 Å². The molecule has 2 heterocycles. The van der Waals surface area contributed by atoms with E-state index in [2.05, 4.69) is 0 Å². The zero-order chi connectivity index (χ0) is 10.7. The van der Waals surface area contributed by atoms with Crippen molar-refractivity contribution < 1.29 is 19.3 Å². The lowest BCUT2D eigenvalue weighted by molar-refractivity contribution is -0.238. The molecule has 3 atom stereocenters. The van der Waals surface area contributed by atoms with Crippen LogP contribution in [0.15, 0.2) is 0 Å². The molecule has 4 nitrogen and oxygen atoms in total. The second-order valence-corrected chi connectivity index (χ2v) is 4.43. The Hall–Kier alpha value is -0.160. The van der Waals surface area contributed by atoms with E-state index in [1.165, 1.54) is 6.42 Å². The molecule has 2 rings (SSSR count). The third kappa shape index (κ3) is 2.50. The van der Waals surface area contributed by atoms with Crippen molar-refractivity contribution in [3.8, 4) is 0 Å². The average molecular weight is 216 g/mol. The van der Waals surface area contributed by atoms with Crippen molar-refractivity contribution in [2.45, 2.75) is 50.6 Å². The molecule has 0 aromatic heterocycles. The zero-order valence-corrected chi connectivity index (χ0v) is 9.28. The van der Waals surface area contributed by atoms with Gasteiger partial charge in [-0.15, -0.1) is 0 Å². The number of rotatable bonds is 3. The Labute approximate surface area is 90.5 Å². The highest BCUT2D eigenvalue weighted by Gasteiger charge is 2.44. The van der Waals surface area contributed by atoms with Gasteiger partial charge >= 0.3 is 0 Å². The van der Waals surface area contributed by atoms with Crippen molar-refractivity contribution in [3.63, 3.8) is 0 Å². The van der Waals surface area contributed by atoms with Crippen LogP contribution in [0.1, 0.15) is 32.6 Å². The van der Waals surface area contributed by atoms with Gasteiger partial charge in [0.25, 0.3) is 0 Å². The maximum absolute atomic E-state index is 8.84. The summed E-state index contributed by atoms with van der Waals surface area (Å²) in [6, 6.07) is 0. The third-order valence-corrected chi connectivity index (χ3v) is 3.17. The molecule has 0 spiro atoms. The van der Waals surface area contributed by atoms with Crippen LogP contribution in [0.4, 0.5) is 0 Å². The van der Waals surface area contributed by atoms with Gasteiger partial charge in [0.15, 0.2) is 5.79 Å². The molecule has 4 heteroatoms. The molecule has 2 fully saturated rings. The SMILES string of the molecule is CC1(C2CCCCO2)OCC(CCO)O1. The van der Waals surface area contributed by atoms with Crippen LogP contribution in [0.3, 0.4) is 0 Å². The third-order valence-electron chi connectivity index (χ3n) is 3.17. The van der Waals surface area contributed by atoms with Crippen molar-refractivity contribution in [1.82, 2.24) is 0 Å². The molecule has 2 aliphatic heterocycles. The van der Waals surface area contributed by atoms with Crippen LogP contribution < -0.4 is 0 Å². The molecular formula is C11H20O4. The summed E-state index contributed by atoms with van der Waals surface area (Å²) < 4.78 is 17.2. The first-order valence-electron chi connectivity index (χ1n) is 5.79. The van der Waals surface area contributed by atoms with Gasteiger partial charge in [-0.1, -0.05) is 0 Å². The summed E-state index contributed by atoms with van der Waals surface area (Å²) in [5, 5.41) is 8.84. The number of aliphatic hydroxyl groups excluding tert-OH is 1. The van der Waals surface area contributed by atoms with E-state index in [1.807, 2.05) is 6.92 Å². The molecule has 0 bridgehead atoms. The summed E-state index contributed by atoms with van der Waals surface area (Å²) in [5.74, 6) is -0.597. The Morgan fingerprint density at radius 2 is 2.27 bits per heavy atom. The Morgan fingerprint density at radius 1 is 1.40 bits per heavy atom. The molecule has 0 aromatic carbocycles. The molecule has 15 heavy (non-hydrogen) atoms. The summed E-state index contributed by atoms with van der Waals surface area (Å²) in [6.45, 7) is 3.46. The second-order valence-electron chi connectivity index (χ2n) is 4.43. The van der Waals surface area contributed by atoms with Crippen LogP contribution in [-0.4, -0.2) is 42.9 Å². The fourth-order valence-electron chi connectivity index (χ4n) is 2.27. The summed E-state index contributed by atoms with van der Waals surface area (Å²) in [7, 11) is 0. The van der Waals surface area contributed by atoms with Crippen molar-refractivity contribution in [2.24, 2.45) is 0 Å². The van der Waals surface area contributed by atoms with Crippen molar-refractivity contribution in [1.29, 1.82) is 0 Å². The van der Waals surface area contributed by atoms with Gasteiger partial charge in [0, 0.05) is 13.2 Å². The minimum Gasteiger partial charge on any atom is -0.396 e. The summed E-state index contributed by atoms with van der Waals surface area (Å²) in [5.41, 5.74) is 0. The van der Waals surface area contributed by atoms with Gasteiger partial charge in [-0.25, -0.2) is 0 Å². The second kappa shape index (κ2) is 4.78. The molecule has 2 saturated heterocycles. The zero-order valence-electron chi connectivity index (χ0n) is 9.28. The lowest BCUT2D eigenvalue weighted by Gasteiger charge is -2.35. The number of hydrogen-bond donors (Lipinski definition) is 1. The highest BCUT2D eigenvalue weighted by molar-refractivity contribution is 4.84. The Morgan fingerprint density at radius 3 is 2.93 bits per heavy atom. The van der Waals surface area contributed by atoms with Crippen LogP contribution in [0.5, 0.6) is 0 Å². The lowest BCUT2D eigenvalue weighted by atomic mass is 10.0. The monoisotopic (exact) mass is 216 g/mol. The molecule has 88 valence electrons. The predicted octanol–water partition coefficient (Wildman–Crippen LogP) is 1.07.